The maximum absolute atomic E-state index is 4.73. The molecule has 1 aromatic carbocycles. The number of benzene rings is 1. The van der Waals surface area contributed by atoms with Crippen LogP contribution in [0.15, 0.2) is 35.7 Å². The van der Waals surface area contributed by atoms with Gasteiger partial charge < -0.3 is 5.32 Å². The summed E-state index contributed by atoms with van der Waals surface area (Å²) in [5, 5.41) is 7.21. The largest absolute Gasteiger partial charge is 0.303 e. The summed E-state index contributed by atoms with van der Waals surface area (Å²) in [5.74, 6) is 0. The number of thiazole rings is 1. The van der Waals surface area contributed by atoms with Crippen LogP contribution in [0.5, 0.6) is 0 Å². The fourth-order valence-electron chi connectivity index (χ4n) is 2.57. The first-order chi connectivity index (χ1) is 9.66. The second-order valence-electron chi connectivity index (χ2n) is 6.03. The molecule has 0 amide bonds. The SMILES string of the molecule is Cc1csc(C(C)(CCc2ccccc2)NC2CC2)n1. The van der Waals surface area contributed by atoms with E-state index < -0.39 is 0 Å². The third-order valence-corrected chi connectivity index (χ3v) is 5.17. The summed E-state index contributed by atoms with van der Waals surface area (Å²) in [6, 6.07) is 11.4. The quantitative estimate of drug-likeness (QED) is 0.866. The molecule has 1 heterocycles. The van der Waals surface area contributed by atoms with Crippen LogP contribution in [0.4, 0.5) is 0 Å². The van der Waals surface area contributed by atoms with Crippen molar-refractivity contribution in [3.8, 4) is 0 Å². The van der Waals surface area contributed by atoms with Crippen LogP contribution in [0.1, 0.15) is 42.5 Å². The van der Waals surface area contributed by atoms with Crippen molar-refractivity contribution in [2.75, 3.05) is 0 Å². The van der Waals surface area contributed by atoms with Gasteiger partial charge in [-0.15, -0.1) is 11.3 Å². The first-order valence-electron chi connectivity index (χ1n) is 7.40. The summed E-state index contributed by atoms with van der Waals surface area (Å²) in [7, 11) is 0. The summed E-state index contributed by atoms with van der Waals surface area (Å²) in [5.41, 5.74) is 2.55. The van der Waals surface area contributed by atoms with Crippen molar-refractivity contribution >= 4 is 11.3 Å². The van der Waals surface area contributed by atoms with Crippen LogP contribution in [-0.2, 0) is 12.0 Å². The van der Waals surface area contributed by atoms with Crippen LogP contribution < -0.4 is 5.32 Å². The van der Waals surface area contributed by atoms with Crippen LogP contribution in [-0.4, -0.2) is 11.0 Å². The van der Waals surface area contributed by atoms with Crippen molar-refractivity contribution in [1.82, 2.24) is 10.3 Å². The minimum absolute atomic E-state index is 0.00986. The Hall–Kier alpha value is -1.19. The zero-order valence-electron chi connectivity index (χ0n) is 12.2. The molecule has 0 aliphatic heterocycles. The standard InChI is InChI=1S/C17H22N2S/c1-13-12-20-16(18-13)17(2,19-15-8-9-15)11-10-14-6-4-3-5-7-14/h3-7,12,15,19H,8-11H2,1-2H3. The molecule has 1 fully saturated rings. The number of aryl methyl sites for hydroxylation is 2. The van der Waals surface area contributed by atoms with Crippen LogP contribution in [0.3, 0.4) is 0 Å². The van der Waals surface area contributed by atoms with Crippen molar-refractivity contribution in [3.05, 3.63) is 52.0 Å². The zero-order valence-corrected chi connectivity index (χ0v) is 13.0. The van der Waals surface area contributed by atoms with Gasteiger partial charge >= 0.3 is 0 Å². The van der Waals surface area contributed by atoms with Crippen LogP contribution in [0, 0.1) is 6.92 Å². The van der Waals surface area contributed by atoms with Gasteiger partial charge in [-0.25, -0.2) is 4.98 Å². The van der Waals surface area contributed by atoms with E-state index in [1.165, 1.54) is 23.4 Å². The first-order valence-corrected chi connectivity index (χ1v) is 8.28. The highest BCUT2D eigenvalue weighted by Gasteiger charge is 2.35. The Labute approximate surface area is 125 Å². The lowest BCUT2D eigenvalue weighted by Crippen LogP contribution is -2.41. The Bertz CT molecular complexity index is 559. The number of hydrogen-bond acceptors (Lipinski definition) is 3. The maximum atomic E-state index is 4.73. The third-order valence-electron chi connectivity index (χ3n) is 3.95. The second-order valence-corrected chi connectivity index (χ2v) is 6.89. The highest BCUT2D eigenvalue weighted by molar-refractivity contribution is 7.09. The van der Waals surface area contributed by atoms with Gasteiger partial charge in [0.05, 0.1) is 5.54 Å². The number of nitrogens with one attached hydrogen (secondary N) is 1. The molecule has 1 saturated carbocycles. The molecule has 1 aliphatic rings. The predicted molar refractivity (Wildman–Crippen MR) is 85.1 cm³/mol. The number of rotatable bonds is 6. The van der Waals surface area contributed by atoms with Gasteiger partial charge in [-0.3, -0.25) is 0 Å². The van der Waals surface area contributed by atoms with E-state index in [-0.39, 0.29) is 5.54 Å². The number of hydrogen-bond donors (Lipinski definition) is 1. The summed E-state index contributed by atoms with van der Waals surface area (Å²) >= 11 is 1.79. The normalized spacial score (nSPS) is 17.9. The summed E-state index contributed by atoms with van der Waals surface area (Å²) < 4.78 is 0. The van der Waals surface area contributed by atoms with Gasteiger partial charge in [-0.1, -0.05) is 30.3 Å². The molecule has 1 aliphatic carbocycles. The molecular weight excluding hydrogens is 264 g/mol. The Kier molecular flexibility index (Phi) is 3.90. The molecular formula is C17H22N2S. The lowest BCUT2D eigenvalue weighted by Gasteiger charge is -2.29. The third kappa shape index (κ3) is 3.28. The molecule has 1 N–H and O–H groups in total. The van der Waals surface area contributed by atoms with E-state index >= 15 is 0 Å². The lowest BCUT2D eigenvalue weighted by atomic mass is 9.93. The van der Waals surface area contributed by atoms with E-state index in [0.29, 0.717) is 6.04 Å². The van der Waals surface area contributed by atoms with Gasteiger partial charge in [-0.2, -0.15) is 0 Å². The Morgan fingerprint density at radius 1 is 1.30 bits per heavy atom. The monoisotopic (exact) mass is 286 g/mol. The second kappa shape index (κ2) is 5.66. The van der Waals surface area contributed by atoms with E-state index in [1.54, 1.807) is 11.3 Å². The fourth-order valence-corrected chi connectivity index (χ4v) is 3.52. The number of nitrogens with zero attached hydrogens (tertiary/aromatic N) is 1. The van der Waals surface area contributed by atoms with E-state index in [1.807, 2.05) is 0 Å². The molecule has 0 spiro atoms. The lowest BCUT2D eigenvalue weighted by molar-refractivity contribution is 0.334. The minimum atomic E-state index is 0.00986. The molecule has 1 atom stereocenters. The van der Waals surface area contributed by atoms with Crippen molar-refractivity contribution in [2.24, 2.45) is 0 Å². The van der Waals surface area contributed by atoms with Crippen molar-refractivity contribution in [2.45, 2.75) is 51.1 Å². The zero-order chi connectivity index (χ0) is 14.0. The van der Waals surface area contributed by atoms with E-state index in [0.717, 1.165) is 18.5 Å². The smallest absolute Gasteiger partial charge is 0.113 e. The fraction of sp³-hybridized carbons (Fsp3) is 0.471. The topological polar surface area (TPSA) is 24.9 Å². The molecule has 0 bridgehead atoms. The van der Waals surface area contributed by atoms with Crippen LogP contribution in [0.25, 0.3) is 0 Å². The minimum Gasteiger partial charge on any atom is -0.303 e. The molecule has 3 heteroatoms. The molecule has 0 saturated heterocycles. The van der Waals surface area contributed by atoms with Gasteiger partial charge in [0.2, 0.25) is 0 Å². The van der Waals surface area contributed by atoms with Crippen LogP contribution >= 0.6 is 11.3 Å². The Balaban J connectivity index is 1.75. The first kappa shape index (κ1) is 13.8. The van der Waals surface area contributed by atoms with E-state index in [9.17, 15) is 0 Å². The van der Waals surface area contributed by atoms with Gasteiger partial charge in [0, 0.05) is 17.1 Å². The van der Waals surface area contributed by atoms with Gasteiger partial charge in [0.25, 0.3) is 0 Å². The Morgan fingerprint density at radius 2 is 2.05 bits per heavy atom. The average Bonchev–Trinajstić information content (AvgIpc) is 3.15. The molecule has 20 heavy (non-hydrogen) atoms. The number of aromatic nitrogens is 1. The highest BCUT2D eigenvalue weighted by atomic mass is 32.1. The molecule has 1 unspecified atom stereocenters. The molecule has 106 valence electrons. The molecule has 1 aromatic heterocycles. The van der Waals surface area contributed by atoms with Crippen LogP contribution in [0.2, 0.25) is 0 Å². The van der Waals surface area contributed by atoms with Gasteiger partial charge in [0.15, 0.2) is 0 Å². The molecule has 0 radical (unpaired) electrons. The molecule has 2 nitrogen and oxygen atoms in total. The van der Waals surface area contributed by atoms with Crippen molar-refractivity contribution in [3.63, 3.8) is 0 Å². The maximum Gasteiger partial charge on any atom is 0.113 e. The summed E-state index contributed by atoms with van der Waals surface area (Å²) in [6.07, 6.45) is 4.81. The predicted octanol–water partition coefficient (Wildman–Crippen LogP) is 4.05. The summed E-state index contributed by atoms with van der Waals surface area (Å²) in [6.45, 7) is 4.39. The van der Waals surface area contributed by atoms with E-state index in [2.05, 4.69) is 54.9 Å². The van der Waals surface area contributed by atoms with Gasteiger partial charge in [0.1, 0.15) is 5.01 Å². The molecule has 2 aromatic rings. The molecule has 3 rings (SSSR count). The van der Waals surface area contributed by atoms with Crippen molar-refractivity contribution in [1.29, 1.82) is 0 Å². The van der Waals surface area contributed by atoms with Gasteiger partial charge in [-0.05, 0) is 45.1 Å². The highest BCUT2D eigenvalue weighted by Crippen LogP contribution is 2.33. The Morgan fingerprint density at radius 3 is 2.65 bits per heavy atom. The van der Waals surface area contributed by atoms with Crippen molar-refractivity contribution < 1.29 is 0 Å². The average molecular weight is 286 g/mol. The summed E-state index contributed by atoms with van der Waals surface area (Å²) in [4.78, 5) is 4.73. The van der Waals surface area contributed by atoms with E-state index in [4.69, 9.17) is 4.98 Å².